The summed E-state index contributed by atoms with van der Waals surface area (Å²) in [7, 11) is 0. The molecule has 0 spiro atoms. The van der Waals surface area contributed by atoms with Crippen molar-refractivity contribution in [1.29, 1.82) is 0 Å². The third kappa shape index (κ3) is 2.28. The lowest BCUT2D eigenvalue weighted by Gasteiger charge is -2.30. The largest absolute Gasteiger partial charge is 0.327 e. The normalized spacial score (nSPS) is 27.2. The van der Waals surface area contributed by atoms with Crippen LogP contribution in [0.5, 0.6) is 0 Å². The van der Waals surface area contributed by atoms with Crippen LogP contribution in [0, 0.1) is 0 Å². The number of nitrogens with two attached hydrogens (primary N) is 1. The first kappa shape index (κ1) is 10.3. The van der Waals surface area contributed by atoms with Crippen molar-refractivity contribution < 1.29 is 0 Å². The van der Waals surface area contributed by atoms with Crippen molar-refractivity contribution >= 4 is 0 Å². The lowest BCUT2D eigenvalue weighted by molar-refractivity contribution is 0.199. The third-order valence-electron chi connectivity index (χ3n) is 3.58. The van der Waals surface area contributed by atoms with Crippen LogP contribution in [0.1, 0.15) is 43.0 Å². The number of piperidine rings is 1. The fourth-order valence-electron chi connectivity index (χ4n) is 2.52. The second-order valence-corrected chi connectivity index (χ2v) is 5.23. The number of hydrogen-bond donors (Lipinski definition) is 2. The highest BCUT2D eigenvalue weighted by Crippen LogP contribution is 2.39. The first-order chi connectivity index (χ1) is 7.81. The average molecular weight is 220 g/mol. The second-order valence-electron chi connectivity index (χ2n) is 5.23. The maximum atomic E-state index is 5.97. The molecule has 2 aliphatic rings. The van der Waals surface area contributed by atoms with E-state index in [1.165, 1.54) is 43.6 Å². The van der Waals surface area contributed by atoms with Gasteiger partial charge < -0.3 is 5.73 Å². The lowest BCUT2D eigenvalue weighted by atomic mass is 10.1. The van der Waals surface area contributed by atoms with Crippen molar-refractivity contribution in [1.82, 2.24) is 15.1 Å². The van der Waals surface area contributed by atoms with Gasteiger partial charge in [0, 0.05) is 30.7 Å². The van der Waals surface area contributed by atoms with Gasteiger partial charge in [-0.15, -0.1) is 0 Å². The molecule has 2 fully saturated rings. The van der Waals surface area contributed by atoms with E-state index in [0.29, 0.717) is 6.04 Å². The van der Waals surface area contributed by atoms with Gasteiger partial charge in [0.2, 0.25) is 0 Å². The summed E-state index contributed by atoms with van der Waals surface area (Å²) in [6, 6.07) is 2.59. The molecule has 1 saturated heterocycles. The van der Waals surface area contributed by atoms with E-state index in [1.54, 1.807) is 0 Å². The molecule has 0 amide bonds. The molecule has 1 aromatic rings. The van der Waals surface area contributed by atoms with Gasteiger partial charge in [0.1, 0.15) is 0 Å². The first-order valence-corrected chi connectivity index (χ1v) is 6.33. The fourth-order valence-corrected chi connectivity index (χ4v) is 2.52. The first-order valence-electron chi connectivity index (χ1n) is 6.33. The second kappa shape index (κ2) is 4.18. The van der Waals surface area contributed by atoms with E-state index in [2.05, 4.69) is 21.2 Å². The molecule has 1 atom stereocenters. The zero-order valence-corrected chi connectivity index (χ0v) is 9.65. The molecule has 2 heterocycles. The number of H-pyrrole nitrogens is 1. The van der Waals surface area contributed by atoms with Crippen LogP contribution in [0.25, 0.3) is 0 Å². The van der Waals surface area contributed by atoms with Gasteiger partial charge in [-0.3, -0.25) is 10.00 Å². The Morgan fingerprint density at radius 3 is 3.06 bits per heavy atom. The number of hydrogen-bond acceptors (Lipinski definition) is 3. The Kier molecular flexibility index (Phi) is 2.69. The molecule has 0 aromatic carbocycles. The van der Waals surface area contributed by atoms with Gasteiger partial charge in [-0.05, 0) is 38.3 Å². The van der Waals surface area contributed by atoms with Crippen LogP contribution >= 0.6 is 0 Å². The molecule has 3 rings (SSSR count). The van der Waals surface area contributed by atoms with Gasteiger partial charge in [-0.25, -0.2) is 0 Å². The third-order valence-corrected chi connectivity index (χ3v) is 3.58. The maximum absolute atomic E-state index is 5.97. The molecule has 0 bridgehead atoms. The number of rotatable bonds is 3. The SMILES string of the molecule is N[C@@H]1CCCN(Cc2cc(C3CC3)n[nH]2)C1. The van der Waals surface area contributed by atoms with Crippen molar-refractivity contribution in [2.75, 3.05) is 13.1 Å². The average Bonchev–Trinajstić information content (AvgIpc) is 3.01. The number of aromatic amines is 1. The van der Waals surface area contributed by atoms with Crippen molar-refractivity contribution in [2.45, 2.75) is 44.2 Å². The van der Waals surface area contributed by atoms with Gasteiger partial charge in [0.15, 0.2) is 0 Å². The van der Waals surface area contributed by atoms with Crippen molar-refractivity contribution in [3.05, 3.63) is 17.5 Å². The molecule has 3 N–H and O–H groups in total. The van der Waals surface area contributed by atoms with Gasteiger partial charge in [0.05, 0.1) is 5.69 Å². The van der Waals surface area contributed by atoms with Gasteiger partial charge in [0.25, 0.3) is 0 Å². The van der Waals surface area contributed by atoms with Crippen LogP contribution in [0.4, 0.5) is 0 Å². The van der Waals surface area contributed by atoms with Gasteiger partial charge in [-0.1, -0.05) is 0 Å². The van der Waals surface area contributed by atoms with Crippen LogP contribution in [0.3, 0.4) is 0 Å². The summed E-state index contributed by atoms with van der Waals surface area (Å²) in [4.78, 5) is 2.43. The number of likely N-dealkylation sites (tertiary alicyclic amines) is 1. The van der Waals surface area contributed by atoms with Crippen LogP contribution in [0.15, 0.2) is 6.07 Å². The molecule has 4 heteroatoms. The minimum atomic E-state index is 0.361. The molecule has 16 heavy (non-hydrogen) atoms. The molecule has 1 aromatic heterocycles. The Balaban J connectivity index is 1.59. The minimum Gasteiger partial charge on any atom is -0.327 e. The predicted molar refractivity (Wildman–Crippen MR) is 63.0 cm³/mol. The van der Waals surface area contributed by atoms with E-state index >= 15 is 0 Å². The van der Waals surface area contributed by atoms with Gasteiger partial charge >= 0.3 is 0 Å². The van der Waals surface area contributed by atoms with Crippen molar-refractivity contribution in [3.8, 4) is 0 Å². The monoisotopic (exact) mass is 220 g/mol. The predicted octanol–water partition coefficient (Wildman–Crippen LogP) is 1.21. The Hall–Kier alpha value is -0.870. The molecular weight excluding hydrogens is 200 g/mol. The number of nitrogens with one attached hydrogen (secondary N) is 1. The zero-order chi connectivity index (χ0) is 11.0. The smallest absolute Gasteiger partial charge is 0.0656 e. The molecule has 1 aliphatic heterocycles. The molecule has 0 radical (unpaired) electrons. The molecule has 88 valence electrons. The van der Waals surface area contributed by atoms with E-state index < -0.39 is 0 Å². The zero-order valence-electron chi connectivity index (χ0n) is 9.65. The summed E-state index contributed by atoms with van der Waals surface area (Å²) in [5, 5.41) is 7.54. The quantitative estimate of drug-likeness (QED) is 0.805. The Morgan fingerprint density at radius 1 is 1.44 bits per heavy atom. The Morgan fingerprint density at radius 2 is 2.31 bits per heavy atom. The van der Waals surface area contributed by atoms with E-state index in [9.17, 15) is 0 Å². The molecule has 1 aliphatic carbocycles. The van der Waals surface area contributed by atoms with E-state index in [0.717, 1.165) is 19.0 Å². The summed E-state index contributed by atoms with van der Waals surface area (Å²) in [6.45, 7) is 3.18. The topological polar surface area (TPSA) is 57.9 Å². The standard InChI is InChI=1S/C12H20N4/c13-10-2-1-5-16(7-10)8-11-6-12(15-14-11)9-3-4-9/h6,9-10H,1-5,7-8,13H2,(H,14,15)/t10-/m1/s1. The summed E-state index contributed by atoms with van der Waals surface area (Å²) < 4.78 is 0. The van der Waals surface area contributed by atoms with Crippen molar-refractivity contribution in [2.24, 2.45) is 5.73 Å². The van der Waals surface area contributed by atoms with Crippen LogP contribution in [-0.4, -0.2) is 34.2 Å². The fraction of sp³-hybridized carbons (Fsp3) is 0.750. The highest BCUT2D eigenvalue weighted by atomic mass is 15.2. The maximum Gasteiger partial charge on any atom is 0.0656 e. The highest BCUT2D eigenvalue weighted by molar-refractivity contribution is 5.17. The summed E-state index contributed by atoms with van der Waals surface area (Å²) >= 11 is 0. The molecule has 4 nitrogen and oxygen atoms in total. The van der Waals surface area contributed by atoms with Crippen LogP contribution < -0.4 is 5.73 Å². The van der Waals surface area contributed by atoms with E-state index in [1.807, 2.05) is 0 Å². The highest BCUT2D eigenvalue weighted by Gasteiger charge is 2.26. The van der Waals surface area contributed by atoms with Crippen LogP contribution in [0.2, 0.25) is 0 Å². The van der Waals surface area contributed by atoms with Crippen molar-refractivity contribution in [3.63, 3.8) is 0 Å². The Bertz CT molecular complexity index is 356. The number of aromatic nitrogens is 2. The summed E-state index contributed by atoms with van der Waals surface area (Å²) in [5.74, 6) is 0.744. The minimum absolute atomic E-state index is 0.361. The number of nitrogens with zero attached hydrogens (tertiary/aromatic N) is 2. The van der Waals surface area contributed by atoms with E-state index in [-0.39, 0.29) is 0 Å². The lowest BCUT2D eigenvalue weighted by Crippen LogP contribution is -2.42. The van der Waals surface area contributed by atoms with Crippen LogP contribution in [-0.2, 0) is 6.54 Å². The summed E-state index contributed by atoms with van der Waals surface area (Å²) in [6.07, 6.45) is 5.04. The molecular formula is C12H20N4. The van der Waals surface area contributed by atoms with E-state index in [4.69, 9.17) is 5.73 Å². The molecule has 0 unspecified atom stereocenters. The molecule has 1 saturated carbocycles. The van der Waals surface area contributed by atoms with Gasteiger partial charge in [-0.2, -0.15) is 5.10 Å². The Labute approximate surface area is 96.2 Å². The summed E-state index contributed by atoms with van der Waals surface area (Å²) in [5.41, 5.74) is 8.48.